The van der Waals surface area contributed by atoms with Crippen LogP contribution in [0.15, 0.2) is 12.1 Å². The Labute approximate surface area is 79.8 Å². The van der Waals surface area contributed by atoms with Crippen molar-refractivity contribution in [1.29, 1.82) is 0 Å². The fraction of sp³-hybridized carbons (Fsp3) is 0.250. The molecule has 0 amide bonds. The summed E-state index contributed by atoms with van der Waals surface area (Å²) < 4.78 is 9.50. The largest absolute Gasteiger partial charge is 0.508 e. The zero-order valence-electron chi connectivity index (χ0n) is 7.68. The summed E-state index contributed by atoms with van der Waals surface area (Å²) >= 11 is 0. The van der Waals surface area contributed by atoms with Gasteiger partial charge in [-0.2, -0.15) is 0 Å². The van der Waals surface area contributed by atoms with Crippen LogP contribution in [0.5, 0.6) is 17.2 Å². The molecule has 0 spiro atoms. The molecule has 0 saturated heterocycles. The third kappa shape index (κ3) is 1.68. The van der Waals surface area contributed by atoms with Crippen molar-refractivity contribution in [3.8, 4) is 17.2 Å². The number of nitro groups is 1. The van der Waals surface area contributed by atoms with Crippen LogP contribution in [0.3, 0.4) is 0 Å². The second-order valence-corrected chi connectivity index (χ2v) is 2.46. The second kappa shape index (κ2) is 3.82. The molecule has 0 aliphatic rings. The summed E-state index contributed by atoms with van der Waals surface area (Å²) in [6.45, 7) is 0. The summed E-state index contributed by atoms with van der Waals surface area (Å²) in [6, 6.07) is 2.31. The zero-order valence-corrected chi connectivity index (χ0v) is 7.68. The number of phenolic OH excluding ortho intramolecular Hbond substituents is 1. The van der Waals surface area contributed by atoms with Gasteiger partial charge in [0.25, 0.3) is 0 Å². The van der Waals surface area contributed by atoms with Gasteiger partial charge in [0.15, 0.2) is 0 Å². The van der Waals surface area contributed by atoms with Crippen molar-refractivity contribution < 1.29 is 19.5 Å². The molecule has 1 N–H and O–H groups in total. The lowest BCUT2D eigenvalue weighted by Crippen LogP contribution is -1.97. The smallest absolute Gasteiger partial charge is 0.352 e. The van der Waals surface area contributed by atoms with E-state index < -0.39 is 4.92 Å². The Bertz CT molecular complexity index is 338. The van der Waals surface area contributed by atoms with E-state index in [-0.39, 0.29) is 22.9 Å². The first kappa shape index (κ1) is 10.1. The van der Waals surface area contributed by atoms with Gasteiger partial charge < -0.3 is 14.6 Å². The fourth-order valence-electron chi connectivity index (χ4n) is 1.06. The average molecular weight is 199 g/mol. The number of benzene rings is 1. The van der Waals surface area contributed by atoms with Gasteiger partial charge in [0, 0.05) is 12.1 Å². The van der Waals surface area contributed by atoms with Crippen molar-refractivity contribution in [2.45, 2.75) is 0 Å². The lowest BCUT2D eigenvalue weighted by atomic mass is 10.2. The normalized spacial score (nSPS) is 9.57. The average Bonchev–Trinajstić information content (AvgIpc) is 2.15. The summed E-state index contributed by atoms with van der Waals surface area (Å²) in [5.41, 5.74) is -0.298. The van der Waals surface area contributed by atoms with Crippen LogP contribution in [-0.4, -0.2) is 24.2 Å². The molecule has 0 unspecified atom stereocenters. The van der Waals surface area contributed by atoms with E-state index in [2.05, 4.69) is 0 Å². The molecule has 6 heteroatoms. The highest BCUT2D eigenvalue weighted by atomic mass is 16.6. The lowest BCUT2D eigenvalue weighted by Gasteiger charge is -2.06. The van der Waals surface area contributed by atoms with Crippen molar-refractivity contribution >= 4 is 5.69 Å². The summed E-state index contributed by atoms with van der Waals surface area (Å²) in [7, 11) is 2.56. The Morgan fingerprint density at radius 2 is 1.71 bits per heavy atom. The highest BCUT2D eigenvalue weighted by Gasteiger charge is 2.22. The molecule has 0 atom stereocenters. The molecule has 0 aliphatic heterocycles. The molecule has 1 rings (SSSR count). The topological polar surface area (TPSA) is 81.8 Å². The Hall–Kier alpha value is -1.98. The monoisotopic (exact) mass is 199 g/mol. The quantitative estimate of drug-likeness (QED) is 0.586. The molecule has 0 saturated carbocycles. The van der Waals surface area contributed by atoms with E-state index in [1.807, 2.05) is 0 Å². The van der Waals surface area contributed by atoms with Gasteiger partial charge in [-0.05, 0) is 0 Å². The Morgan fingerprint density at radius 1 is 1.29 bits per heavy atom. The predicted molar refractivity (Wildman–Crippen MR) is 47.9 cm³/mol. The van der Waals surface area contributed by atoms with Gasteiger partial charge in [0.2, 0.25) is 11.5 Å². The molecule has 0 bridgehead atoms. The van der Waals surface area contributed by atoms with Crippen LogP contribution in [-0.2, 0) is 0 Å². The molecule has 0 radical (unpaired) electrons. The number of rotatable bonds is 3. The molecule has 0 fully saturated rings. The van der Waals surface area contributed by atoms with Crippen LogP contribution in [0.4, 0.5) is 5.69 Å². The number of nitrogens with zero attached hydrogens (tertiary/aromatic N) is 1. The third-order valence-corrected chi connectivity index (χ3v) is 1.65. The summed E-state index contributed by atoms with van der Waals surface area (Å²) in [6.07, 6.45) is 0. The van der Waals surface area contributed by atoms with Gasteiger partial charge in [0.1, 0.15) is 5.75 Å². The second-order valence-electron chi connectivity index (χ2n) is 2.46. The number of phenols is 1. The van der Waals surface area contributed by atoms with E-state index in [0.29, 0.717) is 0 Å². The number of methoxy groups -OCH3 is 2. The van der Waals surface area contributed by atoms with Gasteiger partial charge in [-0.1, -0.05) is 0 Å². The number of hydrogen-bond donors (Lipinski definition) is 1. The number of aromatic hydroxyl groups is 1. The van der Waals surface area contributed by atoms with Crippen LogP contribution in [0.25, 0.3) is 0 Å². The number of hydrogen-bond acceptors (Lipinski definition) is 5. The van der Waals surface area contributed by atoms with Crippen LogP contribution in [0.1, 0.15) is 0 Å². The molecule has 1 aromatic rings. The molecular weight excluding hydrogens is 190 g/mol. The summed E-state index contributed by atoms with van der Waals surface area (Å²) in [4.78, 5) is 10.0. The molecule has 76 valence electrons. The first-order valence-electron chi connectivity index (χ1n) is 3.69. The summed E-state index contributed by atoms with van der Waals surface area (Å²) in [5.74, 6) is -0.219. The van der Waals surface area contributed by atoms with Gasteiger partial charge in [-0.25, -0.2) is 0 Å². The zero-order chi connectivity index (χ0) is 10.7. The van der Waals surface area contributed by atoms with Crippen molar-refractivity contribution in [3.63, 3.8) is 0 Å². The van der Waals surface area contributed by atoms with E-state index in [4.69, 9.17) is 9.47 Å². The minimum Gasteiger partial charge on any atom is -0.508 e. The Kier molecular flexibility index (Phi) is 2.76. The van der Waals surface area contributed by atoms with E-state index in [0.717, 1.165) is 12.1 Å². The number of ether oxygens (including phenoxy) is 2. The molecule has 6 nitrogen and oxygen atoms in total. The maximum Gasteiger partial charge on any atom is 0.352 e. The van der Waals surface area contributed by atoms with Gasteiger partial charge in [0.05, 0.1) is 19.1 Å². The molecule has 0 heterocycles. The first-order valence-corrected chi connectivity index (χ1v) is 3.69. The van der Waals surface area contributed by atoms with Crippen LogP contribution in [0, 0.1) is 10.1 Å². The van der Waals surface area contributed by atoms with Gasteiger partial charge in [-0.15, -0.1) is 0 Å². The van der Waals surface area contributed by atoms with Gasteiger partial charge in [-0.3, -0.25) is 10.1 Å². The van der Waals surface area contributed by atoms with Crippen molar-refractivity contribution in [2.24, 2.45) is 0 Å². The minimum absolute atomic E-state index is 0.0353. The Balaban J connectivity index is 3.40. The molecule has 0 aromatic heterocycles. The molecule has 0 aliphatic carbocycles. The lowest BCUT2D eigenvalue weighted by molar-refractivity contribution is -0.386. The standard InChI is InChI=1S/C8H9NO5/c1-13-6-3-5(10)4-7(14-2)8(6)9(11)12/h3-4,10H,1-2H3. The summed E-state index contributed by atoms with van der Waals surface area (Å²) in [5, 5.41) is 19.8. The maximum absolute atomic E-state index is 10.6. The first-order chi connectivity index (χ1) is 6.60. The maximum atomic E-state index is 10.6. The van der Waals surface area contributed by atoms with Gasteiger partial charge >= 0.3 is 5.69 Å². The van der Waals surface area contributed by atoms with Crippen molar-refractivity contribution in [1.82, 2.24) is 0 Å². The molecular formula is C8H9NO5. The van der Waals surface area contributed by atoms with Crippen molar-refractivity contribution in [3.05, 3.63) is 22.2 Å². The van der Waals surface area contributed by atoms with E-state index >= 15 is 0 Å². The van der Waals surface area contributed by atoms with Crippen molar-refractivity contribution in [2.75, 3.05) is 14.2 Å². The SMILES string of the molecule is COc1cc(O)cc(OC)c1[N+](=O)[O-]. The fourth-order valence-corrected chi connectivity index (χ4v) is 1.06. The van der Waals surface area contributed by atoms with E-state index in [9.17, 15) is 15.2 Å². The van der Waals surface area contributed by atoms with Crippen LogP contribution >= 0.6 is 0 Å². The minimum atomic E-state index is -0.628. The Morgan fingerprint density at radius 3 is 2.00 bits per heavy atom. The van der Waals surface area contributed by atoms with E-state index in [1.54, 1.807) is 0 Å². The molecule has 14 heavy (non-hydrogen) atoms. The van der Waals surface area contributed by atoms with E-state index in [1.165, 1.54) is 14.2 Å². The predicted octanol–water partition coefficient (Wildman–Crippen LogP) is 1.32. The van der Waals surface area contributed by atoms with Crippen LogP contribution in [0.2, 0.25) is 0 Å². The number of nitro benzene ring substituents is 1. The van der Waals surface area contributed by atoms with Crippen LogP contribution < -0.4 is 9.47 Å². The third-order valence-electron chi connectivity index (χ3n) is 1.65. The highest BCUT2D eigenvalue weighted by Crippen LogP contribution is 2.39. The highest BCUT2D eigenvalue weighted by molar-refractivity contribution is 5.60. The molecule has 1 aromatic carbocycles.